The maximum atomic E-state index is 8.06. The van der Waals surface area contributed by atoms with Crippen LogP contribution >= 0.6 is 11.6 Å². The molecule has 5 heavy (non-hydrogen) atoms. The van der Waals surface area contributed by atoms with Crippen molar-refractivity contribution in [2.45, 2.75) is 12.1 Å². The van der Waals surface area contributed by atoms with Gasteiger partial charge in [-0.2, -0.15) is 0 Å². The maximum absolute atomic E-state index is 8.06. The first kappa shape index (κ1) is 5.21. The summed E-state index contributed by atoms with van der Waals surface area (Å²) in [4.78, 5) is 0. The summed E-state index contributed by atoms with van der Waals surface area (Å²) >= 11 is 4.86. The molecule has 0 aromatic heterocycles. The zero-order valence-electron chi connectivity index (χ0n) is 2.90. The van der Waals surface area contributed by atoms with Crippen LogP contribution in [0, 0.1) is 0 Å². The first-order valence-electron chi connectivity index (χ1n) is 1.20. The average Bonchev–Trinajstić information content (AvgIpc) is 0.722. The van der Waals surface area contributed by atoms with Crippen molar-refractivity contribution in [3.05, 3.63) is 0 Å². The van der Waals surface area contributed by atoms with Gasteiger partial charge in [-0.25, -0.2) is 0 Å². The van der Waals surface area contributed by atoms with Crippen molar-refractivity contribution in [3.8, 4) is 0 Å². The molecule has 0 radical (unpaired) electrons. The Kier molecular flexibility index (Phi) is 1.17. The van der Waals surface area contributed by atoms with Crippen LogP contribution in [0.4, 0.5) is 0 Å². The predicted octanol–water partition coefficient (Wildman–Crippen LogP) is -0.150. The lowest BCUT2D eigenvalue weighted by Crippen LogP contribution is -2.26. The molecule has 0 saturated carbocycles. The van der Waals surface area contributed by atoms with E-state index in [1.165, 1.54) is 6.92 Å². The fraction of sp³-hybridized carbons (Fsp3) is 1.00. The molecular formula is C2H6ClNO. The molecule has 0 bridgehead atoms. The Bertz CT molecular complexity index is 25.1. The predicted molar refractivity (Wildman–Crippen MR) is 20.7 cm³/mol. The van der Waals surface area contributed by atoms with Crippen LogP contribution < -0.4 is 5.73 Å². The highest BCUT2D eigenvalue weighted by Gasteiger charge is 2.02. The van der Waals surface area contributed by atoms with Crippen molar-refractivity contribution < 1.29 is 5.11 Å². The lowest BCUT2D eigenvalue weighted by Gasteiger charge is -2.01. The molecule has 0 aromatic rings. The first-order chi connectivity index (χ1) is 2.00. The molecule has 1 atom stereocenters. The molecular weight excluding hydrogens is 89.5 g/mol. The largest absolute Gasteiger partial charge is 0.363 e. The zero-order chi connectivity index (χ0) is 4.50. The molecule has 3 heteroatoms. The van der Waals surface area contributed by atoms with Gasteiger partial charge in [-0.1, -0.05) is 11.6 Å². The number of halogens is 1. The van der Waals surface area contributed by atoms with Crippen LogP contribution in [0.1, 0.15) is 6.92 Å². The van der Waals surface area contributed by atoms with Gasteiger partial charge in [0.2, 0.25) is 0 Å². The third-order valence-electron chi connectivity index (χ3n) is 0. The molecule has 0 rings (SSSR count). The standard InChI is InChI=1S/C2H6ClNO/c1-2(3,4)5/h5H,4H2,1H3. The van der Waals surface area contributed by atoms with E-state index in [-0.39, 0.29) is 0 Å². The molecule has 0 amide bonds. The smallest absolute Gasteiger partial charge is 0.188 e. The quantitative estimate of drug-likeness (QED) is 0.250. The number of nitrogens with two attached hydrogens (primary N) is 1. The van der Waals surface area contributed by atoms with Crippen molar-refractivity contribution in [3.63, 3.8) is 0 Å². The zero-order valence-corrected chi connectivity index (χ0v) is 3.66. The van der Waals surface area contributed by atoms with Crippen molar-refractivity contribution in [2.24, 2.45) is 5.73 Å². The highest BCUT2D eigenvalue weighted by atomic mass is 35.5. The molecule has 0 saturated heterocycles. The molecule has 1 unspecified atom stereocenters. The molecule has 2 nitrogen and oxygen atoms in total. The van der Waals surface area contributed by atoms with E-state index < -0.39 is 5.18 Å². The van der Waals surface area contributed by atoms with Crippen LogP contribution in [0.25, 0.3) is 0 Å². The van der Waals surface area contributed by atoms with Crippen LogP contribution in [0.5, 0.6) is 0 Å². The Balaban J connectivity index is 3.02. The molecule has 0 aliphatic rings. The van der Waals surface area contributed by atoms with Gasteiger partial charge in [-0.3, -0.25) is 5.73 Å². The average molecular weight is 95.5 g/mol. The summed E-state index contributed by atoms with van der Waals surface area (Å²) in [7, 11) is 0. The highest BCUT2D eigenvalue weighted by Crippen LogP contribution is 1.94. The van der Waals surface area contributed by atoms with E-state index in [0.717, 1.165) is 0 Å². The number of rotatable bonds is 0. The van der Waals surface area contributed by atoms with Crippen LogP contribution in [-0.4, -0.2) is 10.3 Å². The fourth-order valence-corrected chi connectivity index (χ4v) is 0. The first-order valence-corrected chi connectivity index (χ1v) is 1.58. The van der Waals surface area contributed by atoms with Crippen molar-refractivity contribution in [1.82, 2.24) is 0 Å². The molecule has 0 aromatic carbocycles. The van der Waals surface area contributed by atoms with E-state index >= 15 is 0 Å². The third kappa shape index (κ3) is 466. The van der Waals surface area contributed by atoms with Crippen molar-refractivity contribution >= 4 is 11.6 Å². The van der Waals surface area contributed by atoms with E-state index in [9.17, 15) is 0 Å². The number of hydrogen-bond donors (Lipinski definition) is 2. The lowest BCUT2D eigenvalue weighted by atomic mass is 10.7. The summed E-state index contributed by atoms with van der Waals surface area (Å²) in [6, 6.07) is 0. The Morgan fingerprint density at radius 1 is 2.00 bits per heavy atom. The lowest BCUT2D eigenvalue weighted by molar-refractivity contribution is 0.157. The summed E-state index contributed by atoms with van der Waals surface area (Å²) in [6.45, 7) is 1.29. The van der Waals surface area contributed by atoms with Crippen LogP contribution in [0.3, 0.4) is 0 Å². The number of hydrogen-bond acceptors (Lipinski definition) is 2. The second-order valence-corrected chi connectivity index (χ2v) is 1.79. The Labute approximate surface area is 35.5 Å². The van der Waals surface area contributed by atoms with Crippen LogP contribution in [0.2, 0.25) is 0 Å². The van der Waals surface area contributed by atoms with Crippen LogP contribution in [0.15, 0.2) is 0 Å². The summed E-state index contributed by atoms with van der Waals surface area (Å²) < 4.78 is 0. The summed E-state index contributed by atoms with van der Waals surface area (Å²) in [5.41, 5.74) is 4.68. The summed E-state index contributed by atoms with van der Waals surface area (Å²) in [5, 5.41) is 6.54. The van der Waals surface area contributed by atoms with E-state index in [0.29, 0.717) is 0 Å². The minimum atomic E-state index is -1.53. The molecule has 3 N–H and O–H groups in total. The molecule has 0 aliphatic heterocycles. The van der Waals surface area contributed by atoms with E-state index in [2.05, 4.69) is 5.73 Å². The van der Waals surface area contributed by atoms with Crippen LogP contribution in [-0.2, 0) is 0 Å². The van der Waals surface area contributed by atoms with Gasteiger partial charge in [0, 0.05) is 0 Å². The normalized spacial score (nSPS) is 21.6. The van der Waals surface area contributed by atoms with Gasteiger partial charge in [0.1, 0.15) is 0 Å². The van der Waals surface area contributed by atoms with E-state index in [1.807, 2.05) is 0 Å². The third-order valence-corrected chi connectivity index (χ3v) is 0. The Hall–Kier alpha value is 0.210. The topological polar surface area (TPSA) is 46.2 Å². The molecule has 32 valence electrons. The molecule has 0 spiro atoms. The van der Waals surface area contributed by atoms with Crippen molar-refractivity contribution in [1.29, 1.82) is 0 Å². The number of alkyl halides is 1. The summed E-state index contributed by atoms with van der Waals surface area (Å²) in [5.74, 6) is 0. The molecule has 0 heterocycles. The monoisotopic (exact) mass is 95.0 g/mol. The fourth-order valence-electron chi connectivity index (χ4n) is 0. The minimum Gasteiger partial charge on any atom is -0.363 e. The summed E-state index contributed by atoms with van der Waals surface area (Å²) in [6.07, 6.45) is 0. The maximum Gasteiger partial charge on any atom is 0.188 e. The van der Waals surface area contributed by atoms with Gasteiger partial charge < -0.3 is 5.11 Å². The molecule has 0 fully saturated rings. The van der Waals surface area contributed by atoms with Gasteiger partial charge >= 0.3 is 0 Å². The van der Waals surface area contributed by atoms with Gasteiger partial charge in [-0.05, 0) is 6.92 Å². The van der Waals surface area contributed by atoms with Gasteiger partial charge in [0.25, 0.3) is 0 Å². The van der Waals surface area contributed by atoms with Crippen molar-refractivity contribution in [2.75, 3.05) is 0 Å². The number of aliphatic hydroxyl groups is 1. The SMILES string of the molecule is CC(N)(O)Cl. The second kappa shape index (κ2) is 1.12. The minimum absolute atomic E-state index is 1.29. The highest BCUT2D eigenvalue weighted by molar-refractivity contribution is 6.21. The molecule has 0 aliphatic carbocycles. The van der Waals surface area contributed by atoms with Gasteiger partial charge in [-0.15, -0.1) is 0 Å². The second-order valence-electron chi connectivity index (χ2n) is 1.02. The Morgan fingerprint density at radius 2 is 2.00 bits per heavy atom. The van der Waals surface area contributed by atoms with Gasteiger partial charge in [0.05, 0.1) is 0 Å². The van der Waals surface area contributed by atoms with Gasteiger partial charge in [0.15, 0.2) is 5.18 Å². The Morgan fingerprint density at radius 3 is 2.00 bits per heavy atom. The van der Waals surface area contributed by atoms with E-state index in [4.69, 9.17) is 16.7 Å². The van der Waals surface area contributed by atoms with E-state index in [1.54, 1.807) is 0 Å².